The highest BCUT2D eigenvalue weighted by Crippen LogP contribution is 2.56. The van der Waals surface area contributed by atoms with E-state index in [9.17, 15) is 9.90 Å². The molecule has 0 spiro atoms. The standard InChI is InChI=1S/C18H23N3O2/c1-2-13-5-7-15(8-6-13)21-11-16(20-12-21)18(17(22)23)10-14(18)4-3-9-19/h5-8,11-12,14H,2-4,9-10,19H2,1H3,(H,22,23)/t14-,18+/m0/s1. The van der Waals surface area contributed by atoms with Crippen LogP contribution in [0.4, 0.5) is 0 Å². The van der Waals surface area contributed by atoms with Crippen LogP contribution in [0.3, 0.4) is 0 Å². The fraction of sp³-hybridized carbons (Fsp3) is 0.444. The van der Waals surface area contributed by atoms with Crippen LogP contribution in [0.1, 0.15) is 37.4 Å². The summed E-state index contributed by atoms with van der Waals surface area (Å²) in [6.45, 7) is 2.72. The molecule has 1 saturated carbocycles. The van der Waals surface area contributed by atoms with Crippen molar-refractivity contribution in [3.05, 3.63) is 48.0 Å². The number of aryl methyl sites for hydroxylation is 1. The highest BCUT2D eigenvalue weighted by Gasteiger charge is 2.62. The summed E-state index contributed by atoms with van der Waals surface area (Å²) in [7, 11) is 0. The first-order valence-corrected chi connectivity index (χ1v) is 8.19. The molecule has 0 amide bonds. The summed E-state index contributed by atoms with van der Waals surface area (Å²) in [6, 6.07) is 8.25. The Morgan fingerprint density at radius 2 is 2.17 bits per heavy atom. The van der Waals surface area contributed by atoms with Gasteiger partial charge in [0.1, 0.15) is 5.41 Å². The SMILES string of the molecule is CCc1ccc(-n2cnc([C@@]3(C(=O)O)C[C@@H]3CCCN)c2)cc1. The number of hydrogen-bond donors (Lipinski definition) is 2. The number of aliphatic carboxylic acids is 1. The number of benzene rings is 1. The molecule has 3 N–H and O–H groups in total. The fourth-order valence-corrected chi connectivity index (χ4v) is 3.33. The number of aromatic nitrogens is 2. The van der Waals surface area contributed by atoms with Gasteiger partial charge in [-0.25, -0.2) is 4.98 Å². The molecule has 23 heavy (non-hydrogen) atoms. The Labute approximate surface area is 136 Å². The lowest BCUT2D eigenvalue weighted by Crippen LogP contribution is -2.23. The van der Waals surface area contributed by atoms with Gasteiger partial charge in [0, 0.05) is 11.9 Å². The average molecular weight is 313 g/mol. The van der Waals surface area contributed by atoms with Crippen LogP contribution in [-0.4, -0.2) is 27.2 Å². The van der Waals surface area contributed by atoms with E-state index in [2.05, 4.69) is 24.0 Å². The summed E-state index contributed by atoms with van der Waals surface area (Å²) in [5.41, 5.74) is 7.67. The number of nitrogens with zero attached hydrogens (tertiary/aromatic N) is 2. The molecule has 2 aromatic rings. The number of imidazole rings is 1. The molecule has 1 aliphatic carbocycles. The van der Waals surface area contributed by atoms with E-state index in [-0.39, 0.29) is 5.92 Å². The Morgan fingerprint density at radius 1 is 1.43 bits per heavy atom. The zero-order valence-corrected chi connectivity index (χ0v) is 13.4. The van der Waals surface area contributed by atoms with Gasteiger partial charge in [0.15, 0.2) is 0 Å². The van der Waals surface area contributed by atoms with Gasteiger partial charge in [-0.2, -0.15) is 0 Å². The first kappa shape index (κ1) is 15.7. The molecule has 2 atom stereocenters. The smallest absolute Gasteiger partial charge is 0.316 e. The molecule has 0 saturated heterocycles. The molecule has 1 aromatic heterocycles. The van der Waals surface area contributed by atoms with E-state index in [0.29, 0.717) is 18.7 Å². The van der Waals surface area contributed by atoms with Crippen LogP contribution in [0.15, 0.2) is 36.8 Å². The number of rotatable bonds is 7. The summed E-state index contributed by atoms with van der Waals surface area (Å²) in [5, 5.41) is 9.69. The van der Waals surface area contributed by atoms with Crippen molar-refractivity contribution >= 4 is 5.97 Å². The van der Waals surface area contributed by atoms with Crippen LogP contribution in [0.25, 0.3) is 5.69 Å². The summed E-state index contributed by atoms with van der Waals surface area (Å²) >= 11 is 0. The Kier molecular flexibility index (Phi) is 4.22. The summed E-state index contributed by atoms with van der Waals surface area (Å²) < 4.78 is 1.90. The first-order valence-electron chi connectivity index (χ1n) is 8.19. The van der Waals surface area contributed by atoms with Crippen molar-refractivity contribution in [2.75, 3.05) is 6.54 Å². The fourth-order valence-electron chi connectivity index (χ4n) is 3.33. The normalized spacial score (nSPS) is 23.0. The van der Waals surface area contributed by atoms with Gasteiger partial charge in [-0.1, -0.05) is 19.1 Å². The summed E-state index contributed by atoms with van der Waals surface area (Å²) in [4.78, 5) is 16.2. The van der Waals surface area contributed by atoms with Crippen LogP contribution in [0, 0.1) is 5.92 Å². The molecular weight excluding hydrogens is 290 g/mol. The van der Waals surface area contributed by atoms with E-state index in [1.54, 1.807) is 6.33 Å². The maximum Gasteiger partial charge on any atom is 0.316 e. The number of carboxylic acid groups (broad SMARTS) is 1. The zero-order chi connectivity index (χ0) is 16.4. The van der Waals surface area contributed by atoms with Crippen LogP contribution >= 0.6 is 0 Å². The van der Waals surface area contributed by atoms with Crippen LogP contribution in [0.5, 0.6) is 0 Å². The van der Waals surface area contributed by atoms with Crippen molar-refractivity contribution in [1.29, 1.82) is 0 Å². The molecule has 0 aliphatic heterocycles. The minimum Gasteiger partial charge on any atom is -0.481 e. The maximum absolute atomic E-state index is 11.8. The first-order chi connectivity index (χ1) is 11.1. The van der Waals surface area contributed by atoms with Gasteiger partial charge in [0.25, 0.3) is 0 Å². The summed E-state index contributed by atoms with van der Waals surface area (Å²) in [5.74, 6) is -0.625. The van der Waals surface area contributed by atoms with E-state index < -0.39 is 11.4 Å². The molecule has 0 unspecified atom stereocenters. The van der Waals surface area contributed by atoms with E-state index in [1.165, 1.54) is 5.56 Å². The zero-order valence-electron chi connectivity index (χ0n) is 13.4. The van der Waals surface area contributed by atoms with Crippen molar-refractivity contribution in [1.82, 2.24) is 9.55 Å². The van der Waals surface area contributed by atoms with Crippen LogP contribution in [-0.2, 0) is 16.6 Å². The predicted octanol–water partition coefficient (Wildman–Crippen LogP) is 2.52. The van der Waals surface area contributed by atoms with Crippen molar-refractivity contribution in [2.45, 2.75) is 38.0 Å². The molecule has 1 aromatic carbocycles. The molecule has 5 heteroatoms. The maximum atomic E-state index is 11.8. The van der Waals surface area contributed by atoms with Crippen LogP contribution < -0.4 is 5.73 Å². The number of hydrogen-bond acceptors (Lipinski definition) is 3. The average Bonchev–Trinajstić information content (AvgIpc) is 3.10. The third-order valence-electron chi connectivity index (χ3n) is 4.93. The second-order valence-corrected chi connectivity index (χ2v) is 6.29. The molecule has 1 heterocycles. The quantitative estimate of drug-likeness (QED) is 0.823. The minimum absolute atomic E-state index is 0.148. The molecule has 0 bridgehead atoms. The minimum atomic E-state index is -0.816. The molecule has 3 rings (SSSR count). The predicted molar refractivity (Wildman–Crippen MR) is 88.7 cm³/mol. The molecule has 5 nitrogen and oxygen atoms in total. The van der Waals surface area contributed by atoms with Gasteiger partial charge in [-0.3, -0.25) is 4.79 Å². The largest absolute Gasteiger partial charge is 0.481 e. The lowest BCUT2D eigenvalue weighted by molar-refractivity contribution is -0.140. The molecule has 1 aliphatic rings. The molecule has 122 valence electrons. The lowest BCUT2D eigenvalue weighted by Gasteiger charge is -2.09. The molecular formula is C18H23N3O2. The third kappa shape index (κ3) is 2.77. The Morgan fingerprint density at radius 3 is 2.78 bits per heavy atom. The van der Waals surface area contributed by atoms with Crippen molar-refractivity contribution in [3.63, 3.8) is 0 Å². The molecule has 1 fully saturated rings. The third-order valence-corrected chi connectivity index (χ3v) is 4.93. The van der Waals surface area contributed by atoms with Gasteiger partial charge in [-0.05, 0) is 55.8 Å². The number of nitrogens with two attached hydrogens (primary N) is 1. The van der Waals surface area contributed by atoms with Crippen LogP contribution in [0.2, 0.25) is 0 Å². The van der Waals surface area contributed by atoms with E-state index >= 15 is 0 Å². The highest BCUT2D eigenvalue weighted by atomic mass is 16.4. The Balaban J connectivity index is 1.84. The van der Waals surface area contributed by atoms with E-state index in [1.807, 2.05) is 22.9 Å². The second kappa shape index (κ2) is 6.16. The van der Waals surface area contributed by atoms with Gasteiger partial charge in [0.05, 0.1) is 12.0 Å². The van der Waals surface area contributed by atoms with Gasteiger partial charge in [0.2, 0.25) is 0 Å². The highest BCUT2D eigenvalue weighted by molar-refractivity contribution is 5.85. The summed E-state index contributed by atoms with van der Waals surface area (Å²) in [6.07, 6.45) is 6.94. The molecule has 0 radical (unpaired) electrons. The Hall–Kier alpha value is -2.14. The monoisotopic (exact) mass is 313 g/mol. The van der Waals surface area contributed by atoms with Gasteiger partial charge >= 0.3 is 5.97 Å². The topological polar surface area (TPSA) is 81.1 Å². The number of carboxylic acids is 1. The van der Waals surface area contributed by atoms with E-state index in [4.69, 9.17) is 5.73 Å². The van der Waals surface area contributed by atoms with Crippen molar-refractivity contribution in [2.24, 2.45) is 11.7 Å². The Bertz CT molecular complexity index is 693. The number of carbonyl (C=O) groups is 1. The second-order valence-electron chi connectivity index (χ2n) is 6.29. The lowest BCUT2D eigenvalue weighted by atomic mass is 9.98. The van der Waals surface area contributed by atoms with Gasteiger partial charge < -0.3 is 15.4 Å². The van der Waals surface area contributed by atoms with Gasteiger partial charge in [-0.15, -0.1) is 0 Å². The van der Waals surface area contributed by atoms with Crippen molar-refractivity contribution in [3.8, 4) is 5.69 Å². The van der Waals surface area contributed by atoms with E-state index in [0.717, 1.165) is 24.9 Å². The van der Waals surface area contributed by atoms with Crippen molar-refractivity contribution < 1.29 is 9.90 Å².